The highest BCUT2D eigenvalue weighted by atomic mass is 16.5. The molecule has 0 radical (unpaired) electrons. The number of nitrogens with one attached hydrogen (secondary N) is 2. The maximum absolute atomic E-state index is 12.1. The second-order valence-corrected chi connectivity index (χ2v) is 4.95. The van der Waals surface area contributed by atoms with Crippen molar-refractivity contribution in [2.24, 2.45) is 0 Å². The average Bonchev–Trinajstić information content (AvgIpc) is 3.01. The van der Waals surface area contributed by atoms with Crippen molar-refractivity contribution in [3.05, 3.63) is 23.8 Å². The molecule has 1 amide bonds. The van der Waals surface area contributed by atoms with Crippen LogP contribution >= 0.6 is 0 Å². The lowest BCUT2D eigenvalue weighted by molar-refractivity contribution is -0.123. The van der Waals surface area contributed by atoms with Gasteiger partial charge in [-0.25, -0.2) is 0 Å². The first-order valence-electron chi connectivity index (χ1n) is 6.92. The topological polar surface area (TPSA) is 68.8 Å². The van der Waals surface area contributed by atoms with Crippen molar-refractivity contribution in [2.45, 2.75) is 25.1 Å². The molecule has 2 N–H and O–H groups in total. The molecule has 2 unspecified atom stereocenters. The molecule has 6 nitrogen and oxygen atoms in total. The zero-order chi connectivity index (χ0) is 15.2. The minimum Gasteiger partial charge on any atom is -0.497 e. The fraction of sp³-hybridized carbons (Fsp3) is 0.533. The molecule has 0 bridgehead atoms. The first-order valence-corrected chi connectivity index (χ1v) is 6.92. The van der Waals surface area contributed by atoms with Crippen LogP contribution in [0.15, 0.2) is 18.2 Å². The monoisotopic (exact) mass is 294 g/mol. The van der Waals surface area contributed by atoms with Crippen LogP contribution in [0.5, 0.6) is 11.5 Å². The lowest BCUT2D eigenvalue weighted by Crippen LogP contribution is -2.40. The maximum Gasteiger partial charge on any atom is 0.237 e. The standard InChI is InChI=1S/C15H22N2O4/c1-19-11-5-4-10(14(7-11)21-3)8-17-15(18)13-6-12(20-2)9-16-13/h4-5,7,12-13,16H,6,8-9H2,1-3H3,(H,17,18). The van der Waals surface area contributed by atoms with E-state index >= 15 is 0 Å². The van der Waals surface area contributed by atoms with Gasteiger partial charge in [0.1, 0.15) is 11.5 Å². The van der Waals surface area contributed by atoms with Crippen molar-refractivity contribution in [1.29, 1.82) is 0 Å². The lowest BCUT2D eigenvalue weighted by Gasteiger charge is -2.14. The zero-order valence-electron chi connectivity index (χ0n) is 12.6. The molecular weight excluding hydrogens is 272 g/mol. The second-order valence-electron chi connectivity index (χ2n) is 4.95. The van der Waals surface area contributed by atoms with Crippen molar-refractivity contribution < 1.29 is 19.0 Å². The van der Waals surface area contributed by atoms with Crippen molar-refractivity contribution in [3.63, 3.8) is 0 Å². The first kappa shape index (κ1) is 15.6. The van der Waals surface area contributed by atoms with Crippen LogP contribution in [0.4, 0.5) is 0 Å². The number of benzene rings is 1. The largest absolute Gasteiger partial charge is 0.497 e. The summed E-state index contributed by atoms with van der Waals surface area (Å²) in [6.07, 6.45) is 0.804. The molecule has 1 heterocycles. The van der Waals surface area contributed by atoms with E-state index in [1.807, 2.05) is 12.1 Å². The molecule has 6 heteroatoms. The molecule has 1 fully saturated rings. The molecule has 0 aromatic heterocycles. The highest BCUT2D eigenvalue weighted by Gasteiger charge is 2.29. The molecule has 1 aliphatic rings. The highest BCUT2D eigenvalue weighted by molar-refractivity contribution is 5.82. The molecule has 1 aromatic carbocycles. The van der Waals surface area contributed by atoms with Gasteiger partial charge in [-0.2, -0.15) is 0 Å². The number of amides is 1. The second kappa shape index (κ2) is 7.28. The highest BCUT2D eigenvalue weighted by Crippen LogP contribution is 2.24. The summed E-state index contributed by atoms with van der Waals surface area (Å²) in [6.45, 7) is 1.13. The third-order valence-electron chi connectivity index (χ3n) is 3.69. The van der Waals surface area contributed by atoms with E-state index in [9.17, 15) is 4.79 Å². The maximum atomic E-state index is 12.1. The summed E-state index contributed by atoms with van der Waals surface area (Å²) in [5.74, 6) is 1.40. The lowest BCUT2D eigenvalue weighted by atomic mass is 10.1. The Morgan fingerprint density at radius 2 is 2.14 bits per heavy atom. The molecule has 116 valence electrons. The fourth-order valence-electron chi connectivity index (χ4n) is 2.39. The van der Waals surface area contributed by atoms with E-state index < -0.39 is 0 Å². The van der Waals surface area contributed by atoms with Crippen LogP contribution in [0.2, 0.25) is 0 Å². The van der Waals surface area contributed by atoms with E-state index in [0.29, 0.717) is 25.3 Å². The SMILES string of the molecule is COc1ccc(CNC(=O)C2CC(OC)CN2)c(OC)c1. The molecular formula is C15H22N2O4. The van der Waals surface area contributed by atoms with Gasteiger partial charge in [0.05, 0.1) is 26.4 Å². The summed E-state index contributed by atoms with van der Waals surface area (Å²) in [5, 5.41) is 6.07. The van der Waals surface area contributed by atoms with E-state index in [1.54, 1.807) is 27.4 Å². The van der Waals surface area contributed by atoms with Crippen LogP contribution in [0.25, 0.3) is 0 Å². The number of methoxy groups -OCH3 is 3. The molecule has 1 aromatic rings. The van der Waals surface area contributed by atoms with E-state index in [2.05, 4.69) is 10.6 Å². The minimum absolute atomic E-state index is 0.0209. The van der Waals surface area contributed by atoms with Crippen LogP contribution < -0.4 is 20.1 Å². The van der Waals surface area contributed by atoms with Crippen molar-refractivity contribution >= 4 is 5.91 Å². The molecule has 21 heavy (non-hydrogen) atoms. The van der Waals surface area contributed by atoms with Crippen LogP contribution in [0, 0.1) is 0 Å². The van der Waals surface area contributed by atoms with Crippen LogP contribution in [0.3, 0.4) is 0 Å². The normalized spacial score (nSPS) is 21.1. The van der Waals surface area contributed by atoms with Gasteiger partial charge in [0.2, 0.25) is 5.91 Å². The van der Waals surface area contributed by atoms with Crippen molar-refractivity contribution in [3.8, 4) is 11.5 Å². The summed E-state index contributed by atoms with van der Waals surface area (Å²) in [5.41, 5.74) is 0.910. The Labute approximate surface area is 124 Å². The Balaban J connectivity index is 1.92. The number of hydrogen-bond acceptors (Lipinski definition) is 5. The molecule has 2 atom stereocenters. The van der Waals surface area contributed by atoms with Gasteiger partial charge >= 0.3 is 0 Å². The van der Waals surface area contributed by atoms with Crippen molar-refractivity contribution in [1.82, 2.24) is 10.6 Å². The van der Waals surface area contributed by atoms with E-state index in [-0.39, 0.29) is 18.1 Å². The third kappa shape index (κ3) is 3.86. The summed E-state index contributed by atoms with van der Waals surface area (Å²) >= 11 is 0. The zero-order valence-corrected chi connectivity index (χ0v) is 12.6. The molecule has 1 saturated heterocycles. The summed E-state index contributed by atoms with van der Waals surface area (Å²) < 4.78 is 15.7. The predicted octanol–water partition coefficient (Wildman–Crippen LogP) is 0.697. The van der Waals surface area contributed by atoms with Gasteiger partial charge in [0.15, 0.2) is 0 Å². The van der Waals surface area contributed by atoms with E-state index in [4.69, 9.17) is 14.2 Å². The van der Waals surface area contributed by atoms with Gasteiger partial charge < -0.3 is 24.8 Å². The Hall–Kier alpha value is -1.79. The van der Waals surface area contributed by atoms with Gasteiger partial charge in [-0.3, -0.25) is 4.79 Å². The summed E-state index contributed by atoms with van der Waals surface area (Å²) in [4.78, 5) is 12.1. The Kier molecular flexibility index (Phi) is 5.41. The smallest absolute Gasteiger partial charge is 0.237 e. The fourth-order valence-corrected chi connectivity index (χ4v) is 2.39. The number of carbonyl (C=O) groups is 1. The van der Waals surface area contributed by atoms with Crippen molar-refractivity contribution in [2.75, 3.05) is 27.9 Å². The average molecular weight is 294 g/mol. The van der Waals surface area contributed by atoms with Gasteiger partial charge in [-0.05, 0) is 18.6 Å². The number of hydrogen-bond donors (Lipinski definition) is 2. The molecule has 0 spiro atoms. The Morgan fingerprint density at radius 1 is 1.33 bits per heavy atom. The molecule has 2 rings (SSSR count). The quantitative estimate of drug-likeness (QED) is 0.808. The molecule has 0 aliphatic carbocycles. The van der Waals surface area contributed by atoms with Gasteiger partial charge in [0.25, 0.3) is 0 Å². The number of carbonyl (C=O) groups excluding carboxylic acids is 1. The third-order valence-corrected chi connectivity index (χ3v) is 3.69. The van der Waals surface area contributed by atoms with Gasteiger partial charge in [-0.1, -0.05) is 0 Å². The minimum atomic E-state index is -0.195. The van der Waals surface area contributed by atoms with Gasteiger partial charge in [0, 0.05) is 31.8 Å². The Bertz CT molecular complexity index is 493. The van der Waals surface area contributed by atoms with Crippen LogP contribution in [0.1, 0.15) is 12.0 Å². The van der Waals surface area contributed by atoms with Gasteiger partial charge in [-0.15, -0.1) is 0 Å². The molecule has 0 saturated carbocycles. The molecule has 1 aliphatic heterocycles. The number of ether oxygens (including phenoxy) is 3. The summed E-state index contributed by atoms with van der Waals surface area (Å²) in [6, 6.07) is 5.34. The van der Waals surface area contributed by atoms with Crippen LogP contribution in [-0.2, 0) is 16.1 Å². The summed E-state index contributed by atoms with van der Waals surface area (Å²) in [7, 11) is 4.87. The number of rotatable bonds is 6. The Morgan fingerprint density at radius 3 is 2.76 bits per heavy atom. The predicted molar refractivity (Wildman–Crippen MR) is 78.6 cm³/mol. The first-order chi connectivity index (χ1) is 10.2. The van der Waals surface area contributed by atoms with Crippen LogP contribution in [-0.4, -0.2) is 45.9 Å². The van der Waals surface area contributed by atoms with E-state index in [1.165, 1.54) is 0 Å². The van der Waals surface area contributed by atoms with E-state index in [0.717, 1.165) is 11.3 Å².